The van der Waals surface area contributed by atoms with Crippen LogP contribution < -0.4 is 0 Å². The molecule has 0 heterocycles. The van der Waals surface area contributed by atoms with Crippen LogP contribution >= 0.6 is 0 Å². The number of aliphatic hydroxyl groups excluding tert-OH is 3. The van der Waals surface area contributed by atoms with E-state index in [1.165, 1.54) is 6.08 Å². The van der Waals surface area contributed by atoms with Gasteiger partial charge < -0.3 is 30.6 Å². The van der Waals surface area contributed by atoms with E-state index >= 15 is 0 Å². The monoisotopic (exact) mass is 484 g/mol. The van der Waals surface area contributed by atoms with Crippen LogP contribution in [0, 0.1) is 0 Å². The van der Waals surface area contributed by atoms with Gasteiger partial charge in [-0.2, -0.15) is 0 Å². The molecule has 0 saturated carbocycles. The van der Waals surface area contributed by atoms with Gasteiger partial charge in [0.25, 0.3) is 0 Å². The molecule has 0 aliphatic carbocycles. The molecule has 0 unspecified atom stereocenters. The zero-order valence-electron chi connectivity index (χ0n) is 18.8. The van der Waals surface area contributed by atoms with Crippen LogP contribution in [0.2, 0.25) is 0 Å². The van der Waals surface area contributed by atoms with Crippen LogP contribution in [0.1, 0.15) is 31.1 Å². The Labute approximate surface area is 202 Å². The minimum absolute atomic E-state index is 0.129. The lowest BCUT2D eigenvalue weighted by molar-refractivity contribution is 0.0686. The summed E-state index contributed by atoms with van der Waals surface area (Å²) in [5, 5.41) is 50.0. The normalized spacial score (nSPS) is 8.89. The summed E-state index contributed by atoms with van der Waals surface area (Å²) in [6.45, 7) is -0.495. The molecule has 0 bridgehead atoms. The van der Waals surface area contributed by atoms with Gasteiger partial charge in [0.15, 0.2) is 0 Å². The maximum Gasteiger partial charge on any atom is 0.335 e. The van der Waals surface area contributed by atoms with Crippen molar-refractivity contribution in [1.29, 1.82) is 0 Å². The molecule has 0 aromatic heterocycles. The van der Waals surface area contributed by atoms with Crippen LogP contribution in [-0.2, 0) is 0 Å². The highest BCUT2D eigenvalue weighted by atomic mass is 16.4. The Hall–Kier alpha value is -4.31. The molecule has 0 spiro atoms. The molecule has 3 rings (SSSR count). The Kier molecular flexibility index (Phi) is 16.8. The van der Waals surface area contributed by atoms with Crippen LogP contribution in [0.3, 0.4) is 0 Å². The zero-order chi connectivity index (χ0) is 26.5. The molecule has 9 heteroatoms. The molecular formula is C26H28O9. The van der Waals surface area contributed by atoms with Crippen LogP contribution in [-0.4, -0.2) is 68.4 Å². The van der Waals surface area contributed by atoms with Gasteiger partial charge in [0, 0.05) is 0 Å². The van der Waals surface area contributed by atoms with E-state index in [-0.39, 0.29) is 19.8 Å². The van der Waals surface area contributed by atoms with Gasteiger partial charge in [-0.3, -0.25) is 0 Å². The third-order valence-electron chi connectivity index (χ3n) is 3.85. The molecular weight excluding hydrogens is 456 g/mol. The van der Waals surface area contributed by atoms with E-state index in [4.69, 9.17) is 30.6 Å². The number of hydrogen-bond donors (Lipinski definition) is 6. The van der Waals surface area contributed by atoms with E-state index in [9.17, 15) is 14.4 Å². The van der Waals surface area contributed by atoms with Gasteiger partial charge in [0.2, 0.25) is 0 Å². The Bertz CT molecular complexity index is 895. The average molecular weight is 485 g/mol. The van der Waals surface area contributed by atoms with Crippen molar-refractivity contribution in [2.75, 3.05) is 19.8 Å². The van der Waals surface area contributed by atoms with E-state index in [1.54, 1.807) is 91.0 Å². The number of carboxylic acids is 3. The summed E-state index contributed by atoms with van der Waals surface area (Å²) in [6.07, 6.45) is 1.38. The lowest BCUT2D eigenvalue weighted by atomic mass is 10.2. The largest absolute Gasteiger partial charge is 0.478 e. The van der Waals surface area contributed by atoms with Gasteiger partial charge in [-0.05, 0) is 42.0 Å². The standard InChI is InChI=1S/3C7H6O2.C5H10O3/c3*8-7(9)6-4-2-1-3-5-6;6-2-1-5(3-7)4-8/h3*1-5H,(H,8,9);1,6-8H,2-4H2. The molecule has 9 nitrogen and oxygen atoms in total. The highest BCUT2D eigenvalue weighted by Crippen LogP contribution is 1.97. The molecule has 6 N–H and O–H groups in total. The van der Waals surface area contributed by atoms with Crippen LogP contribution in [0.15, 0.2) is 103 Å². The van der Waals surface area contributed by atoms with Gasteiger partial charge in [-0.15, -0.1) is 0 Å². The van der Waals surface area contributed by atoms with Crippen molar-refractivity contribution in [3.8, 4) is 0 Å². The molecule has 0 aliphatic rings. The van der Waals surface area contributed by atoms with Crippen molar-refractivity contribution in [1.82, 2.24) is 0 Å². The summed E-state index contributed by atoms with van der Waals surface area (Å²) in [6, 6.07) is 24.9. The maximum absolute atomic E-state index is 10.2. The number of benzene rings is 3. The first kappa shape index (κ1) is 30.7. The Morgan fingerprint density at radius 2 is 0.771 bits per heavy atom. The Morgan fingerprint density at radius 3 is 0.886 bits per heavy atom. The highest BCUT2D eigenvalue weighted by molar-refractivity contribution is 5.88. The smallest absolute Gasteiger partial charge is 0.335 e. The maximum atomic E-state index is 10.2. The summed E-state index contributed by atoms with van der Waals surface area (Å²) in [7, 11) is 0. The predicted octanol–water partition coefficient (Wildman–Crippen LogP) is 3.04. The van der Waals surface area contributed by atoms with Gasteiger partial charge >= 0.3 is 17.9 Å². The highest BCUT2D eigenvalue weighted by Gasteiger charge is 1.98. The molecule has 0 atom stereocenters. The van der Waals surface area contributed by atoms with Crippen LogP contribution in [0.4, 0.5) is 0 Å². The van der Waals surface area contributed by atoms with E-state index in [0.717, 1.165) is 0 Å². The second kappa shape index (κ2) is 19.2. The first-order valence-electron chi connectivity index (χ1n) is 10.1. The van der Waals surface area contributed by atoms with Crippen molar-refractivity contribution in [2.24, 2.45) is 0 Å². The quantitative estimate of drug-likeness (QED) is 0.288. The summed E-state index contributed by atoms with van der Waals surface area (Å²) in [4.78, 5) is 30.6. The van der Waals surface area contributed by atoms with Crippen molar-refractivity contribution < 1.29 is 45.0 Å². The Balaban J connectivity index is 0.000000441. The SMILES string of the molecule is O=C(O)c1ccccc1.O=C(O)c1ccccc1.O=C(O)c1ccccc1.OCC=C(CO)CO. The van der Waals surface area contributed by atoms with E-state index in [1.807, 2.05) is 0 Å². The number of carboxylic acid groups (broad SMARTS) is 3. The van der Waals surface area contributed by atoms with Crippen molar-refractivity contribution >= 4 is 17.9 Å². The van der Waals surface area contributed by atoms with E-state index in [2.05, 4.69) is 0 Å². The number of aromatic carboxylic acids is 3. The average Bonchev–Trinajstić information content (AvgIpc) is 2.90. The minimum atomic E-state index is -0.879. The molecule has 0 amide bonds. The number of carbonyl (C=O) groups is 3. The molecule has 186 valence electrons. The van der Waals surface area contributed by atoms with Crippen molar-refractivity contribution in [2.45, 2.75) is 0 Å². The van der Waals surface area contributed by atoms with Gasteiger partial charge in [-0.1, -0.05) is 60.7 Å². The van der Waals surface area contributed by atoms with Gasteiger partial charge in [0.1, 0.15) is 0 Å². The summed E-state index contributed by atoms with van der Waals surface area (Å²) in [5.41, 5.74) is 1.44. The first-order chi connectivity index (χ1) is 16.8. The fraction of sp³-hybridized carbons (Fsp3) is 0.115. The first-order valence-corrected chi connectivity index (χ1v) is 10.1. The van der Waals surface area contributed by atoms with Crippen LogP contribution in [0.5, 0.6) is 0 Å². The molecule has 0 aliphatic heterocycles. The number of hydrogen-bond acceptors (Lipinski definition) is 6. The second-order valence-electron chi connectivity index (χ2n) is 6.37. The topological polar surface area (TPSA) is 173 Å². The third kappa shape index (κ3) is 15.2. The van der Waals surface area contributed by atoms with Crippen molar-refractivity contribution in [3.63, 3.8) is 0 Å². The molecule has 35 heavy (non-hydrogen) atoms. The van der Waals surface area contributed by atoms with Crippen molar-refractivity contribution in [3.05, 3.63) is 119 Å². The molecule has 3 aromatic rings. The van der Waals surface area contributed by atoms with Gasteiger partial charge in [0.05, 0.1) is 36.5 Å². The molecule has 0 saturated heterocycles. The summed E-state index contributed by atoms with van der Waals surface area (Å²) >= 11 is 0. The lowest BCUT2D eigenvalue weighted by Gasteiger charge is -1.94. The van der Waals surface area contributed by atoms with Gasteiger partial charge in [-0.25, -0.2) is 14.4 Å². The van der Waals surface area contributed by atoms with E-state index in [0.29, 0.717) is 22.3 Å². The third-order valence-corrected chi connectivity index (χ3v) is 3.85. The fourth-order valence-electron chi connectivity index (χ4n) is 2.05. The van der Waals surface area contributed by atoms with E-state index < -0.39 is 17.9 Å². The number of rotatable bonds is 6. The zero-order valence-corrected chi connectivity index (χ0v) is 18.8. The summed E-state index contributed by atoms with van der Waals surface area (Å²) in [5.74, 6) is -2.64. The Morgan fingerprint density at radius 1 is 0.514 bits per heavy atom. The fourth-order valence-corrected chi connectivity index (χ4v) is 2.05. The molecule has 3 aromatic carbocycles. The molecule has 0 radical (unpaired) electrons. The van der Waals surface area contributed by atoms with Crippen LogP contribution in [0.25, 0.3) is 0 Å². The lowest BCUT2D eigenvalue weighted by Crippen LogP contribution is -1.96. The molecule has 0 fully saturated rings. The summed E-state index contributed by atoms with van der Waals surface area (Å²) < 4.78 is 0. The predicted molar refractivity (Wildman–Crippen MR) is 130 cm³/mol. The minimum Gasteiger partial charge on any atom is -0.478 e. The number of aliphatic hydroxyl groups is 3. The second-order valence-corrected chi connectivity index (χ2v) is 6.37.